The molecule has 0 aromatic rings. The van der Waals surface area contributed by atoms with Crippen LogP contribution >= 0.6 is 11.8 Å². The van der Waals surface area contributed by atoms with Gasteiger partial charge in [-0.2, -0.15) is 11.8 Å². The first-order valence-electron chi connectivity index (χ1n) is 5.16. The average molecular weight is 215 g/mol. The summed E-state index contributed by atoms with van der Waals surface area (Å²) in [7, 11) is 0. The third-order valence-corrected chi connectivity index (χ3v) is 3.00. The Morgan fingerprint density at radius 1 is 1.14 bits per heavy atom. The molecule has 2 heteroatoms. The van der Waals surface area contributed by atoms with Crippen LogP contribution in [0.15, 0.2) is 12.2 Å². The van der Waals surface area contributed by atoms with Crippen molar-refractivity contribution in [1.29, 1.82) is 0 Å². The molecule has 0 rings (SSSR count). The number of hydrogen-bond donors (Lipinski definition) is 1. The molecule has 1 nitrogen and oxygen atoms in total. The Labute approximate surface area is 93.7 Å². The molecule has 0 heterocycles. The van der Waals surface area contributed by atoms with E-state index >= 15 is 0 Å². The maximum absolute atomic E-state index is 4.08. The largest absolute Gasteiger partial charge is 0.308 e. The lowest BCUT2D eigenvalue weighted by molar-refractivity contribution is 0.445. The number of thioether (sulfide) groups is 1. The molecule has 0 unspecified atom stereocenters. The van der Waals surface area contributed by atoms with Crippen LogP contribution in [0.1, 0.15) is 41.5 Å². The zero-order valence-electron chi connectivity index (χ0n) is 10.5. The van der Waals surface area contributed by atoms with E-state index in [1.165, 1.54) is 5.57 Å². The van der Waals surface area contributed by atoms with Gasteiger partial charge in [-0.15, -0.1) is 0 Å². The monoisotopic (exact) mass is 215 g/mol. The summed E-state index contributed by atoms with van der Waals surface area (Å²) in [6, 6.07) is 0. The predicted octanol–water partition coefficient (Wildman–Crippen LogP) is 3.46. The van der Waals surface area contributed by atoms with Gasteiger partial charge in [-0.3, -0.25) is 0 Å². The summed E-state index contributed by atoms with van der Waals surface area (Å²) in [6.45, 7) is 18.2. The Morgan fingerprint density at radius 3 is 2.00 bits per heavy atom. The van der Waals surface area contributed by atoms with Crippen LogP contribution < -0.4 is 5.32 Å². The molecule has 0 aliphatic heterocycles. The molecule has 0 spiro atoms. The fraction of sp³-hybridized carbons (Fsp3) is 0.833. The van der Waals surface area contributed by atoms with Crippen LogP contribution in [0.3, 0.4) is 0 Å². The van der Waals surface area contributed by atoms with Gasteiger partial charge in [0, 0.05) is 22.6 Å². The normalized spacial score (nSPS) is 13.0. The van der Waals surface area contributed by atoms with Crippen molar-refractivity contribution in [3.05, 3.63) is 12.2 Å². The fourth-order valence-corrected chi connectivity index (χ4v) is 1.50. The molecule has 14 heavy (non-hydrogen) atoms. The van der Waals surface area contributed by atoms with E-state index < -0.39 is 0 Å². The van der Waals surface area contributed by atoms with Crippen molar-refractivity contribution in [1.82, 2.24) is 5.32 Å². The van der Waals surface area contributed by atoms with Gasteiger partial charge in [-0.1, -0.05) is 32.9 Å². The highest BCUT2D eigenvalue weighted by Crippen LogP contribution is 2.24. The van der Waals surface area contributed by atoms with E-state index in [0.717, 1.165) is 12.3 Å². The second-order valence-electron chi connectivity index (χ2n) is 5.75. The standard InChI is InChI=1S/C12H25NS/c1-10(8-13-11(2,3)4)9-14-12(5,6)7/h13H,1,8-9H2,2-7H3. The lowest BCUT2D eigenvalue weighted by Gasteiger charge is -2.23. The Hall–Kier alpha value is 0.0500. The van der Waals surface area contributed by atoms with Crippen LogP contribution in [0.5, 0.6) is 0 Å². The Kier molecular flexibility index (Phi) is 5.24. The summed E-state index contributed by atoms with van der Waals surface area (Å²) >= 11 is 1.95. The van der Waals surface area contributed by atoms with Crippen molar-refractivity contribution >= 4 is 11.8 Å². The molecule has 0 aromatic heterocycles. The van der Waals surface area contributed by atoms with E-state index in [-0.39, 0.29) is 5.54 Å². The molecular weight excluding hydrogens is 190 g/mol. The molecule has 0 bridgehead atoms. The maximum atomic E-state index is 4.08. The minimum atomic E-state index is 0.190. The zero-order valence-corrected chi connectivity index (χ0v) is 11.3. The Morgan fingerprint density at radius 2 is 1.64 bits per heavy atom. The molecule has 0 aromatic carbocycles. The van der Waals surface area contributed by atoms with E-state index in [4.69, 9.17) is 0 Å². The van der Waals surface area contributed by atoms with Gasteiger partial charge in [0.15, 0.2) is 0 Å². The van der Waals surface area contributed by atoms with Gasteiger partial charge in [0.2, 0.25) is 0 Å². The molecule has 0 fully saturated rings. The topological polar surface area (TPSA) is 12.0 Å². The van der Waals surface area contributed by atoms with Crippen molar-refractivity contribution in [3.8, 4) is 0 Å². The van der Waals surface area contributed by atoms with E-state index in [1.54, 1.807) is 0 Å². The summed E-state index contributed by atoms with van der Waals surface area (Å²) in [4.78, 5) is 0. The first-order chi connectivity index (χ1) is 6.10. The lowest BCUT2D eigenvalue weighted by Crippen LogP contribution is -2.37. The maximum Gasteiger partial charge on any atom is 0.0175 e. The van der Waals surface area contributed by atoms with Crippen LogP contribution in [-0.4, -0.2) is 22.6 Å². The smallest absolute Gasteiger partial charge is 0.0175 e. The van der Waals surface area contributed by atoms with E-state index in [0.29, 0.717) is 4.75 Å². The van der Waals surface area contributed by atoms with Crippen molar-refractivity contribution < 1.29 is 0 Å². The predicted molar refractivity (Wildman–Crippen MR) is 69.1 cm³/mol. The second-order valence-corrected chi connectivity index (χ2v) is 7.56. The molecular formula is C12H25NS. The third-order valence-electron chi connectivity index (χ3n) is 1.58. The van der Waals surface area contributed by atoms with Crippen molar-refractivity contribution in [3.63, 3.8) is 0 Å². The molecule has 0 atom stereocenters. The SMILES string of the molecule is C=C(CNC(C)(C)C)CSC(C)(C)C. The fourth-order valence-electron chi connectivity index (χ4n) is 0.760. The van der Waals surface area contributed by atoms with Gasteiger partial charge in [0.1, 0.15) is 0 Å². The van der Waals surface area contributed by atoms with Gasteiger partial charge < -0.3 is 5.32 Å². The molecule has 1 N–H and O–H groups in total. The summed E-state index contributed by atoms with van der Waals surface area (Å²) in [5.41, 5.74) is 1.47. The van der Waals surface area contributed by atoms with Crippen LogP contribution in [0, 0.1) is 0 Å². The molecule has 0 aliphatic rings. The van der Waals surface area contributed by atoms with Crippen LogP contribution in [-0.2, 0) is 0 Å². The first-order valence-corrected chi connectivity index (χ1v) is 6.14. The van der Waals surface area contributed by atoms with Gasteiger partial charge >= 0.3 is 0 Å². The van der Waals surface area contributed by atoms with Crippen LogP contribution in [0.2, 0.25) is 0 Å². The van der Waals surface area contributed by atoms with E-state index in [2.05, 4.69) is 53.4 Å². The van der Waals surface area contributed by atoms with Crippen LogP contribution in [0.25, 0.3) is 0 Å². The Balaban J connectivity index is 3.68. The van der Waals surface area contributed by atoms with Crippen LogP contribution in [0.4, 0.5) is 0 Å². The minimum absolute atomic E-state index is 0.190. The highest BCUT2D eigenvalue weighted by atomic mass is 32.2. The van der Waals surface area contributed by atoms with E-state index in [1.807, 2.05) is 11.8 Å². The van der Waals surface area contributed by atoms with Gasteiger partial charge in [-0.25, -0.2) is 0 Å². The quantitative estimate of drug-likeness (QED) is 0.721. The zero-order chi connectivity index (χ0) is 11.4. The second kappa shape index (κ2) is 5.22. The number of nitrogens with one attached hydrogen (secondary N) is 1. The summed E-state index contributed by atoms with van der Waals surface area (Å²) in [5, 5.41) is 3.45. The van der Waals surface area contributed by atoms with Gasteiger partial charge in [-0.05, 0) is 20.8 Å². The molecule has 0 amide bonds. The first kappa shape index (κ1) is 14.1. The molecule has 0 aliphatic carbocycles. The summed E-state index contributed by atoms with van der Waals surface area (Å²) < 4.78 is 0.338. The number of rotatable bonds is 4. The molecule has 0 saturated carbocycles. The average Bonchev–Trinajstić information content (AvgIpc) is 1.94. The Bertz CT molecular complexity index is 163. The number of hydrogen-bond acceptors (Lipinski definition) is 2. The van der Waals surface area contributed by atoms with E-state index in [9.17, 15) is 0 Å². The van der Waals surface area contributed by atoms with Gasteiger partial charge in [0.05, 0.1) is 0 Å². The minimum Gasteiger partial charge on any atom is -0.308 e. The summed E-state index contributed by atoms with van der Waals surface area (Å²) in [6.07, 6.45) is 0. The van der Waals surface area contributed by atoms with Crippen molar-refractivity contribution in [2.75, 3.05) is 12.3 Å². The highest BCUT2D eigenvalue weighted by molar-refractivity contribution is 8.00. The highest BCUT2D eigenvalue weighted by Gasteiger charge is 2.12. The lowest BCUT2D eigenvalue weighted by atomic mass is 10.1. The van der Waals surface area contributed by atoms with Gasteiger partial charge in [0.25, 0.3) is 0 Å². The summed E-state index contributed by atoms with van der Waals surface area (Å²) in [5.74, 6) is 1.05. The molecule has 0 saturated heterocycles. The van der Waals surface area contributed by atoms with Crippen molar-refractivity contribution in [2.24, 2.45) is 0 Å². The third kappa shape index (κ3) is 10.1. The molecule has 0 radical (unpaired) electrons. The molecule has 84 valence electrons. The van der Waals surface area contributed by atoms with Crippen molar-refractivity contribution in [2.45, 2.75) is 51.8 Å².